The molecular formula is C20H24F2N2O. The molecule has 1 aliphatic heterocycles. The van der Waals surface area contributed by atoms with Crippen molar-refractivity contribution in [3.63, 3.8) is 0 Å². The molecular weight excluding hydrogens is 322 g/mol. The molecule has 2 unspecified atom stereocenters. The number of hydrogen-bond acceptors (Lipinski definition) is 3. The van der Waals surface area contributed by atoms with Gasteiger partial charge in [-0.15, -0.1) is 0 Å². The second-order valence-electron chi connectivity index (χ2n) is 6.70. The van der Waals surface area contributed by atoms with Crippen LogP contribution >= 0.6 is 0 Å². The third kappa shape index (κ3) is 3.58. The molecule has 1 aromatic carbocycles. The Labute approximate surface area is 147 Å². The molecule has 25 heavy (non-hydrogen) atoms. The van der Waals surface area contributed by atoms with Crippen molar-refractivity contribution in [1.29, 1.82) is 0 Å². The highest BCUT2D eigenvalue weighted by atomic mass is 19.1. The van der Waals surface area contributed by atoms with Crippen LogP contribution in [-0.4, -0.2) is 60.5 Å². The number of carbonyl (C=O) groups excluding carboxylic acids is 1. The summed E-state index contributed by atoms with van der Waals surface area (Å²) in [6.07, 6.45) is 5.15. The second kappa shape index (κ2) is 7.58. The first kappa shape index (κ1) is 18.0. The van der Waals surface area contributed by atoms with E-state index in [9.17, 15) is 9.18 Å². The lowest BCUT2D eigenvalue weighted by atomic mass is 9.84. The molecule has 0 bridgehead atoms. The lowest BCUT2D eigenvalue weighted by molar-refractivity contribution is -0.120. The molecule has 3 nitrogen and oxygen atoms in total. The minimum Gasteiger partial charge on any atom is -0.301 e. The van der Waals surface area contributed by atoms with Crippen LogP contribution in [0.15, 0.2) is 42.5 Å². The van der Waals surface area contributed by atoms with Crippen molar-refractivity contribution in [2.45, 2.75) is 25.1 Å². The molecule has 5 heteroatoms. The molecule has 0 radical (unpaired) electrons. The van der Waals surface area contributed by atoms with Gasteiger partial charge in [-0.1, -0.05) is 31.2 Å². The fraction of sp³-hybridized carbons (Fsp3) is 0.450. The zero-order valence-corrected chi connectivity index (χ0v) is 14.5. The third-order valence-corrected chi connectivity index (χ3v) is 5.10. The van der Waals surface area contributed by atoms with E-state index < -0.39 is 11.7 Å². The highest BCUT2D eigenvalue weighted by Crippen LogP contribution is 2.33. The Morgan fingerprint density at radius 3 is 2.64 bits per heavy atom. The highest BCUT2D eigenvalue weighted by Gasteiger charge is 2.44. The van der Waals surface area contributed by atoms with Gasteiger partial charge in [0.25, 0.3) is 0 Å². The van der Waals surface area contributed by atoms with Gasteiger partial charge in [0.1, 0.15) is 23.8 Å². The number of rotatable bonds is 5. The number of benzene rings is 1. The van der Waals surface area contributed by atoms with Gasteiger partial charge < -0.3 is 9.69 Å². The largest absolute Gasteiger partial charge is 0.301 e. The molecule has 0 spiro atoms. The van der Waals surface area contributed by atoms with Crippen LogP contribution in [0.2, 0.25) is 0 Å². The molecule has 134 valence electrons. The van der Waals surface area contributed by atoms with E-state index in [1.165, 1.54) is 18.2 Å². The Kier molecular flexibility index (Phi) is 5.45. The predicted octanol–water partition coefficient (Wildman–Crippen LogP) is 3.08. The topological polar surface area (TPSA) is 23.6 Å². The SMILES string of the molecule is CCCN1CCN(C2(C=O)C=CC(c3cccc(F)c3)=CC2F)CC1. The summed E-state index contributed by atoms with van der Waals surface area (Å²) in [4.78, 5) is 16.1. The summed E-state index contributed by atoms with van der Waals surface area (Å²) < 4.78 is 28.5. The molecule has 1 heterocycles. The fourth-order valence-electron chi connectivity index (χ4n) is 3.66. The maximum Gasteiger partial charge on any atom is 0.148 e. The summed E-state index contributed by atoms with van der Waals surface area (Å²) in [5.74, 6) is -0.360. The van der Waals surface area contributed by atoms with Gasteiger partial charge in [0, 0.05) is 26.2 Å². The summed E-state index contributed by atoms with van der Waals surface area (Å²) >= 11 is 0. The van der Waals surface area contributed by atoms with Crippen LogP contribution in [0.25, 0.3) is 5.57 Å². The van der Waals surface area contributed by atoms with Crippen molar-refractivity contribution < 1.29 is 13.6 Å². The molecule has 1 saturated heterocycles. The molecule has 0 saturated carbocycles. The zero-order valence-electron chi connectivity index (χ0n) is 14.5. The lowest BCUT2D eigenvalue weighted by Gasteiger charge is -2.45. The van der Waals surface area contributed by atoms with Crippen molar-refractivity contribution in [3.05, 3.63) is 53.9 Å². The van der Waals surface area contributed by atoms with E-state index in [-0.39, 0.29) is 5.82 Å². The number of aldehydes is 1. The van der Waals surface area contributed by atoms with Crippen molar-refractivity contribution in [2.24, 2.45) is 0 Å². The Balaban J connectivity index is 1.78. The normalized spacial score (nSPS) is 28.0. The lowest BCUT2D eigenvalue weighted by Crippen LogP contribution is -2.61. The Bertz CT molecular complexity index is 680. The molecule has 2 atom stereocenters. The Morgan fingerprint density at radius 2 is 2.04 bits per heavy atom. The molecule has 1 aliphatic carbocycles. The van der Waals surface area contributed by atoms with Crippen LogP contribution in [0.3, 0.4) is 0 Å². The molecule has 1 fully saturated rings. The summed E-state index contributed by atoms with van der Waals surface area (Å²) in [6.45, 7) is 6.16. The van der Waals surface area contributed by atoms with Crippen LogP contribution in [-0.2, 0) is 4.79 Å². The average Bonchev–Trinajstić information content (AvgIpc) is 2.63. The summed E-state index contributed by atoms with van der Waals surface area (Å²) in [7, 11) is 0. The summed E-state index contributed by atoms with van der Waals surface area (Å²) in [5, 5.41) is 0. The van der Waals surface area contributed by atoms with Gasteiger partial charge in [-0.25, -0.2) is 8.78 Å². The maximum atomic E-state index is 15.1. The maximum absolute atomic E-state index is 15.1. The van der Waals surface area contributed by atoms with Gasteiger partial charge in [-0.3, -0.25) is 4.90 Å². The van der Waals surface area contributed by atoms with Gasteiger partial charge >= 0.3 is 0 Å². The van der Waals surface area contributed by atoms with Crippen molar-refractivity contribution in [2.75, 3.05) is 32.7 Å². The van der Waals surface area contributed by atoms with Crippen molar-refractivity contribution >= 4 is 11.9 Å². The van der Waals surface area contributed by atoms with E-state index in [2.05, 4.69) is 11.8 Å². The van der Waals surface area contributed by atoms with Gasteiger partial charge in [-0.2, -0.15) is 0 Å². The van der Waals surface area contributed by atoms with E-state index in [4.69, 9.17) is 0 Å². The van der Waals surface area contributed by atoms with E-state index in [0.717, 1.165) is 26.1 Å². The average molecular weight is 346 g/mol. The number of nitrogens with zero attached hydrogens (tertiary/aromatic N) is 2. The van der Waals surface area contributed by atoms with Crippen LogP contribution < -0.4 is 0 Å². The molecule has 1 aromatic rings. The molecule has 2 aliphatic rings. The minimum atomic E-state index is -1.45. The summed E-state index contributed by atoms with van der Waals surface area (Å²) in [5.41, 5.74) is -0.0324. The number of hydrogen-bond donors (Lipinski definition) is 0. The minimum absolute atomic E-state index is 0.360. The van der Waals surface area contributed by atoms with Gasteiger partial charge in [0.05, 0.1) is 0 Å². The zero-order chi connectivity index (χ0) is 17.9. The van der Waals surface area contributed by atoms with Gasteiger partial charge in [0.2, 0.25) is 0 Å². The highest BCUT2D eigenvalue weighted by molar-refractivity contribution is 5.82. The van der Waals surface area contributed by atoms with Crippen LogP contribution in [0.1, 0.15) is 18.9 Å². The van der Waals surface area contributed by atoms with Crippen LogP contribution in [0.5, 0.6) is 0 Å². The molecule has 3 rings (SSSR count). The first-order valence-corrected chi connectivity index (χ1v) is 8.84. The third-order valence-electron chi connectivity index (χ3n) is 5.10. The quantitative estimate of drug-likeness (QED) is 0.766. The van der Waals surface area contributed by atoms with Crippen molar-refractivity contribution in [3.8, 4) is 0 Å². The Morgan fingerprint density at radius 1 is 1.28 bits per heavy atom. The fourth-order valence-corrected chi connectivity index (χ4v) is 3.66. The summed E-state index contributed by atoms with van der Waals surface area (Å²) in [6, 6.07) is 6.07. The van der Waals surface area contributed by atoms with Crippen LogP contribution in [0, 0.1) is 5.82 Å². The molecule has 0 amide bonds. The monoisotopic (exact) mass is 346 g/mol. The predicted molar refractivity (Wildman–Crippen MR) is 95.5 cm³/mol. The van der Waals surface area contributed by atoms with Gasteiger partial charge in [-0.05, 0) is 42.3 Å². The molecule has 0 N–H and O–H groups in total. The second-order valence-corrected chi connectivity index (χ2v) is 6.70. The van der Waals surface area contributed by atoms with Gasteiger partial charge in [0.15, 0.2) is 0 Å². The number of carbonyl (C=O) groups is 1. The van der Waals surface area contributed by atoms with E-state index >= 15 is 4.39 Å². The molecule has 0 aromatic heterocycles. The first-order valence-electron chi connectivity index (χ1n) is 8.84. The Hall–Kier alpha value is -1.85. The first-order chi connectivity index (χ1) is 12.1. The van der Waals surface area contributed by atoms with E-state index in [1.807, 2.05) is 4.90 Å². The number of alkyl halides is 1. The smallest absolute Gasteiger partial charge is 0.148 e. The number of piperazine rings is 1. The van der Waals surface area contributed by atoms with Crippen LogP contribution in [0.4, 0.5) is 8.78 Å². The van der Waals surface area contributed by atoms with E-state index in [0.29, 0.717) is 30.5 Å². The standard InChI is InChI=1S/C20H24F2N2O/c1-2-8-23-9-11-24(12-10-23)20(15-25)7-6-17(14-19(20)22)16-4-3-5-18(21)13-16/h3-7,13-15,19H,2,8-12H2,1H3. The number of halogens is 2. The van der Waals surface area contributed by atoms with E-state index in [1.54, 1.807) is 24.3 Å². The van der Waals surface area contributed by atoms with Crippen molar-refractivity contribution in [1.82, 2.24) is 9.80 Å². The number of allylic oxidation sites excluding steroid dienone is 2.